The summed E-state index contributed by atoms with van der Waals surface area (Å²) in [5.74, 6) is -1.42. The van der Waals surface area contributed by atoms with Gasteiger partial charge in [-0.2, -0.15) is 0 Å². The van der Waals surface area contributed by atoms with E-state index in [1.807, 2.05) is 30.0 Å². The molecule has 1 amide bonds. The summed E-state index contributed by atoms with van der Waals surface area (Å²) >= 11 is 0. The predicted molar refractivity (Wildman–Crippen MR) is 83.9 cm³/mol. The van der Waals surface area contributed by atoms with Crippen molar-refractivity contribution in [2.75, 3.05) is 0 Å². The Hall–Kier alpha value is -1.84. The molecule has 22 heavy (non-hydrogen) atoms. The van der Waals surface area contributed by atoms with Crippen LogP contribution in [0.4, 0.5) is 0 Å². The van der Waals surface area contributed by atoms with E-state index in [1.165, 1.54) is 0 Å². The van der Waals surface area contributed by atoms with Crippen LogP contribution in [0.2, 0.25) is 0 Å². The first kappa shape index (κ1) is 15.1. The average Bonchev–Trinajstić information content (AvgIpc) is 2.96. The smallest absolute Gasteiger partial charge is 0.313 e. The van der Waals surface area contributed by atoms with Crippen molar-refractivity contribution < 1.29 is 14.7 Å². The number of benzene rings is 1. The summed E-state index contributed by atoms with van der Waals surface area (Å²) < 4.78 is 0. The van der Waals surface area contributed by atoms with Crippen LogP contribution in [-0.4, -0.2) is 33.5 Å². The van der Waals surface area contributed by atoms with Crippen molar-refractivity contribution in [2.45, 2.75) is 63.5 Å². The van der Waals surface area contributed by atoms with E-state index in [4.69, 9.17) is 0 Å². The molecular weight excluding hydrogens is 278 g/mol. The number of hydrogen-bond donors (Lipinski definition) is 1. The molecule has 1 heterocycles. The van der Waals surface area contributed by atoms with Gasteiger partial charge in [0.15, 0.2) is 0 Å². The van der Waals surface area contributed by atoms with Gasteiger partial charge < -0.3 is 10.0 Å². The number of carboxylic acids is 1. The van der Waals surface area contributed by atoms with Crippen molar-refractivity contribution in [1.29, 1.82) is 0 Å². The largest absolute Gasteiger partial charge is 0.481 e. The second-order valence-electron chi connectivity index (χ2n) is 6.60. The first-order valence-electron chi connectivity index (χ1n) is 8.18. The van der Waals surface area contributed by atoms with Gasteiger partial charge in [-0.05, 0) is 37.8 Å². The van der Waals surface area contributed by atoms with Crippen LogP contribution in [0, 0.1) is 0 Å². The first-order valence-corrected chi connectivity index (χ1v) is 8.18. The molecule has 1 spiro atoms. The molecule has 1 fully saturated rings. The molecule has 1 N–H and O–H groups in total. The topological polar surface area (TPSA) is 57.6 Å². The number of carboxylic acid groups (broad SMARTS) is 1. The van der Waals surface area contributed by atoms with Crippen molar-refractivity contribution in [3.63, 3.8) is 0 Å². The Kier molecular flexibility index (Phi) is 3.71. The zero-order valence-corrected chi connectivity index (χ0v) is 13.2. The maximum Gasteiger partial charge on any atom is 0.313 e. The molecule has 0 unspecified atom stereocenters. The van der Waals surface area contributed by atoms with Gasteiger partial charge >= 0.3 is 5.97 Å². The lowest BCUT2D eigenvalue weighted by Gasteiger charge is -2.51. The molecule has 1 aromatic rings. The van der Waals surface area contributed by atoms with Gasteiger partial charge in [0.05, 0.1) is 5.54 Å². The third-order valence-electron chi connectivity index (χ3n) is 5.49. The van der Waals surface area contributed by atoms with E-state index in [2.05, 4.69) is 6.92 Å². The van der Waals surface area contributed by atoms with Crippen LogP contribution in [0.25, 0.3) is 0 Å². The SMILES string of the molecule is CC[C@H](C)N1C(=O)c2ccccc2[C@@H](C(=O)O)C12CCCC2. The van der Waals surface area contributed by atoms with Crippen LogP contribution in [0.15, 0.2) is 24.3 Å². The number of hydrogen-bond acceptors (Lipinski definition) is 2. The molecule has 0 aromatic heterocycles. The minimum Gasteiger partial charge on any atom is -0.481 e. The highest BCUT2D eigenvalue weighted by Gasteiger charge is 2.56. The fourth-order valence-electron chi connectivity index (χ4n) is 4.41. The number of carbonyl (C=O) groups is 2. The Morgan fingerprint density at radius 1 is 1.36 bits per heavy atom. The van der Waals surface area contributed by atoms with E-state index < -0.39 is 17.4 Å². The molecule has 0 saturated heterocycles. The van der Waals surface area contributed by atoms with Gasteiger partial charge in [0.1, 0.15) is 5.92 Å². The molecule has 1 aliphatic carbocycles. The van der Waals surface area contributed by atoms with Crippen LogP contribution < -0.4 is 0 Å². The van der Waals surface area contributed by atoms with E-state index in [0.717, 1.165) is 32.1 Å². The normalized spacial score (nSPS) is 24.4. The molecule has 1 aromatic carbocycles. The Morgan fingerprint density at radius 3 is 2.59 bits per heavy atom. The number of nitrogens with zero attached hydrogens (tertiary/aromatic N) is 1. The number of fused-ring (bicyclic) bond motifs is 1. The third kappa shape index (κ3) is 1.97. The maximum absolute atomic E-state index is 13.1. The summed E-state index contributed by atoms with van der Waals surface area (Å²) in [6.45, 7) is 4.09. The van der Waals surface area contributed by atoms with Crippen LogP contribution in [0.3, 0.4) is 0 Å². The monoisotopic (exact) mass is 301 g/mol. The molecule has 0 bridgehead atoms. The Bertz CT molecular complexity index is 604. The van der Waals surface area contributed by atoms with Gasteiger partial charge in [-0.3, -0.25) is 9.59 Å². The summed E-state index contributed by atoms with van der Waals surface area (Å²) in [5.41, 5.74) is 0.710. The second-order valence-corrected chi connectivity index (χ2v) is 6.60. The molecule has 1 aliphatic heterocycles. The van der Waals surface area contributed by atoms with E-state index in [1.54, 1.807) is 6.07 Å². The molecule has 0 radical (unpaired) electrons. The van der Waals surface area contributed by atoms with Gasteiger partial charge in [-0.1, -0.05) is 38.0 Å². The molecule has 3 rings (SSSR count). The maximum atomic E-state index is 13.1. The zero-order chi connectivity index (χ0) is 15.9. The highest BCUT2D eigenvalue weighted by Crippen LogP contribution is 2.51. The van der Waals surface area contributed by atoms with Crippen molar-refractivity contribution in [1.82, 2.24) is 4.90 Å². The third-order valence-corrected chi connectivity index (χ3v) is 5.49. The van der Waals surface area contributed by atoms with E-state index >= 15 is 0 Å². The standard InChI is InChI=1S/C18H23NO3/c1-3-12(2)19-16(20)14-9-5-4-8-13(14)15(17(21)22)18(19)10-6-7-11-18/h4-5,8-9,12,15H,3,6-7,10-11H2,1-2H3,(H,21,22)/t12-,15-/m0/s1. The molecule has 2 atom stereocenters. The van der Waals surface area contributed by atoms with Gasteiger partial charge in [-0.25, -0.2) is 0 Å². The Morgan fingerprint density at radius 2 is 2.00 bits per heavy atom. The summed E-state index contributed by atoms with van der Waals surface area (Å²) in [6, 6.07) is 7.30. The average molecular weight is 301 g/mol. The number of aliphatic carboxylic acids is 1. The van der Waals surface area contributed by atoms with Crippen LogP contribution >= 0.6 is 0 Å². The zero-order valence-electron chi connectivity index (χ0n) is 13.2. The van der Waals surface area contributed by atoms with Crippen LogP contribution in [0.5, 0.6) is 0 Å². The lowest BCUT2D eigenvalue weighted by Crippen LogP contribution is -2.61. The molecule has 4 heteroatoms. The molecule has 1 saturated carbocycles. The Labute approximate surface area is 131 Å². The van der Waals surface area contributed by atoms with Crippen molar-refractivity contribution in [2.24, 2.45) is 0 Å². The predicted octanol–water partition coefficient (Wildman–Crippen LogP) is 3.42. The molecule has 4 nitrogen and oxygen atoms in total. The summed E-state index contributed by atoms with van der Waals surface area (Å²) in [5, 5.41) is 9.93. The van der Waals surface area contributed by atoms with Gasteiger partial charge in [0.25, 0.3) is 5.91 Å². The summed E-state index contributed by atoms with van der Waals surface area (Å²) in [7, 11) is 0. The quantitative estimate of drug-likeness (QED) is 0.930. The van der Waals surface area contributed by atoms with Gasteiger partial charge in [-0.15, -0.1) is 0 Å². The number of amides is 1. The van der Waals surface area contributed by atoms with Gasteiger partial charge in [0.2, 0.25) is 0 Å². The number of rotatable bonds is 3. The van der Waals surface area contributed by atoms with Crippen molar-refractivity contribution >= 4 is 11.9 Å². The fraction of sp³-hybridized carbons (Fsp3) is 0.556. The van der Waals surface area contributed by atoms with Crippen LogP contribution in [-0.2, 0) is 4.79 Å². The van der Waals surface area contributed by atoms with Gasteiger partial charge in [0, 0.05) is 11.6 Å². The summed E-state index contributed by atoms with van der Waals surface area (Å²) in [4.78, 5) is 27.1. The minimum absolute atomic E-state index is 0.00403. The van der Waals surface area contributed by atoms with Crippen molar-refractivity contribution in [3.8, 4) is 0 Å². The molecule has 2 aliphatic rings. The summed E-state index contributed by atoms with van der Waals surface area (Å²) in [6.07, 6.45) is 4.39. The van der Waals surface area contributed by atoms with E-state index in [-0.39, 0.29) is 11.9 Å². The first-order chi connectivity index (χ1) is 10.5. The fourth-order valence-corrected chi connectivity index (χ4v) is 4.41. The highest BCUT2D eigenvalue weighted by atomic mass is 16.4. The second kappa shape index (κ2) is 5.41. The minimum atomic E-state index is -0.810. The lowest BCUT2D eigenvalue weighted by molar-refractivity contribution is -0.143. The van der Waals surface area contributed by atoms with Crippen LogP contribution in [0.1, 0.15) is 67.8 Å². The Balaban J connectivity index is 2.24. The van der Waals surface area contributed by atoms with E-state index in [0.29, 0.717) is 11.1 Å². The number of carbonyl (C=O) groups excluding carboxylic acids is 1. The molecular formula is C18H23NO3. The highest BCUT2D eigenvalue weighted by molar-refractivity contribution is 6.01. The van der Waals surface area contributed by atoms with E-state index in [9.17, 15) is 14.7 Å². The molecule has 118 valence electrons. The lowest BCUT2D eigenvalue weighted by atomic mass is 9.71. The van der Waals surface area contributed by atoms with Crippen molar-refractivity contribution in [3.05, 3.63) is 35.4 Å².